The number of ether oxygens (including phenoxy) is 14. The lowest BCUT2D eigenvalue weighted by Crippen LogP contribution is -2.38. The molecule has 1 atom stereocenters. The van der Waals surface area contributed by atoms with Crippen molar-refractivity contribution in [2.75, 3.05) is 128 Å². The first-order valence-electron chi connectivity index (χ1n) is 49.4. The lowest BCUT2D eigenvalue weighted by atomic mass is 10.1. The molecule has 0 saturated carbocycles. The first-order valence-corrected chi connectivity index (χ1v) is 49.4. The van der Waals surface area contributed by atoms with E-state index in [1.807, 2.05) is 42.3 Å². The van der Waals surface area contributed by atoms with Crippen LogP contribution >= 0.6 is 0 Å². The van der Waals surface area contributed by atoms with Crippen LogP contribution in [0.3, 0.4) is 0 Å². The van der Waals surface area contributed by atoms with Crippen molar-refractivity contribution in [3.8, 4) is 0 Å². The van der Waals surface area contributed by atoms with E-state index in [0.717, 1.165) is 103 Å². The van der Waals surface area contributed by atoms with Crippen molar-refractivity contribution in [2.24, 2.45) is 5.92 Å². The highest BCUT2D eigenvalue weighted by Gasteiger charge is 2.29. The van der Waals surface area contributed by atoms with Crippen LogP contribution < -0.4 is 0 Å². The average Bonchev–Trinajstić information content (AvgIpc) is 0.919. The van der Waals surface area contributed by atoms with Gasteiger partial charge in [-0.3, -0.25) is 67.1 Å². The van der Waals surface area contributed by atoms with Gasteiger partial charge in [-0.25, -0.2) is 0 Å². The summed E-state index contributed by atoms with van der Waals surface area (Å²) in [5, 5.41) is 0. The van der Waals surface area contributed by atoms with Crippen LogP contribution in [0.2, 0.25) is 0 Å². The Bertz CT molecular complexity index is 2810. The Balaban J connectivity index is 6.61. The maximum Gasteiger partial charge on any atom is 0.315 e. The molecule has 30 heteroatoms. The zero-order valence-electron chi connectivity index (χ0n) is 81.1. The third-order valence-electron chi connectivity index (χ3n) is 21.4. The third kappa shape index (κ3) is 82.9. The summed E-state index contributed by atoms with van der Waals surface area (Å²) in [6.45, 7) is 4.68. The highest BCUT2D eigenvalue weighted by molar-refractivity contribution is 5.81. The summed E-state index contributed by atoms with van der Waals surface area (Å²) in [5.74, 6) is -12.6. The smallest absolute Gasteiger partial charge is 0.315 e. The minimum atomic E-state index is -1.59. The van der Waals surface area contributed by atoms with Gasteiger partial charge in [-0.1, -0.05) is 285 Å². The predicted molar refractivity (Wildman–Crippen MR) is 485 cm³/mol. The number of carbonyl (C=O) groups is 14. The van der Waals surface area contributed by atoms with Crippen LogP contribution in [-0.2, 0) is 133 Å². The van der Waals surface area contributed by atoms with E-state index in [4.69, 9.17) is 66.3 Å². The largest absolute Gasteiger partial charge is 0.465 e. The molecule has 0 aliphatic rings. The van der Waals surface area contributed by atoms with Crippen LogP contribution in [-0.4, -0.2) is 239 Å². The van der Waals surface area contributed by atoms with Gasteiger partial charge in [0.05, 0.1) is 100 Å². The van der Waals surface area contributed by atoms with E-state index in [2.05, 4.69) is 27.7 Å². The summed E-state index contributed by atoms with van der Waals surface area (Å²) in [4.78, 5) is 184. The molecule has 0 rings (SSSR count). The molecule has 0 aliphatic heterocycles. The highest BCUT2D eigenvalue weighted by Crippen LogP contribution is 2.20. The maximum absolute atomic E-state index is 13.7. The van der Waals surface area contributed by atoms with Crippen LogP contribution in [0.4, 0.5) is 0 Å². The summed E-state index contributed by atoms with van der Waals surface area (Å²) in [6, 6.07) is 0. The lowest BCUT2D eigenvalue weighted by molar-refractivity contribution is -0.870. The molecule has 0 heterocycles. The summed E-state index contributed by atoms with van der Waals surface area (Å²) < 4.78 is 77.2. The molecule has 30 nitrogen and oxygen atoms in total. The van der Waals surface area contributed by atoms with Gasteiger partial charge < -0.3 is 75.3 Å². The monoisotopic (exact) mass is 1830 g/mol. The third-order valence-corrected chi connectivity index (χ3v) is 21.4. The molecule has 0 aromatic heterocycles. The minimum absolute atomic E-state index is 0.100. The molecule has 0 amide bonds. The Morgan fingerprint density at radius 2 is 0.352 bits per heavy atom. The Labute approximate surface area is 768 Å². The molecule has 0 bridgehead atoms. The molecule has 1 unspecified atom stereocenters. The summed E-state index contributed by atoms with van der Waals surface area (Å²) >= 11 is 0. The fourth-order valence-corrected chi connectivity index (χ4v) is 13.3. The van der Waals surface area contributed by atoms with E-state index in [9.17, 15) is 67.1 Å². The average molecular weight is 1830 g/mol. The Hall–Kier alpha value is -7.50. The molecule has 0 fully saturated rings. The second-order valence-electron chi connectivity index (χ2n) is 36.0. The first kappa shape index (κ1) is 120. The molecule has 0 aromatic carbocycles. The van der Waals surface area contributed by atoms with E-state index in [0.29, 0.717) is 47.7 Å². The van der Waals surface area contributed by atoms with Gasteiger partial charge in [0.25, 0.3) is 0 Å². The first-order chi connectivity index (χ1) is 61.5. The van der Waals surface area contributed by atoms with Crippen molar-refractivity contribution in [1.82, 2.24) is 0 Å². The number of carbonyl (C=O) groups excluding carboxylic acids is 14. The van der Waals surface area contributed by atoms with Crippen LogP contribution in [0.1, 0.15) is 394 Å². The quantitative estimate of drug-likeness (QED) is 0.0236. The van der Waals surface area contributed by atoms with Crippen molar-refractivity contribution in [3.05, 3.63) is 0 Å². The number of esters is 14. The standard InChI is InChI=1S/C98H174N2O28/c1-11-15-19-23-27-31-35-39-43-47-51-55-85(101)118-73-81(74-119-86(102)56-52-48-44-40-36-32-28-24-20-16-12-2)98(114)117-70-67-94(110)125-80-84(128-97(113)66-65-96(112)127-83(77-122-91(107)61-59-89(105)115-71-68-99(5,6)7)78-123-92(108)62-60-90(106)116-72-69-100(8,9)10)79-124-93(109)63-64-95(111)126-82(75-120-87(103)57-53-49-45-41-37-33-29-25-21-17-13-3)76-121-88(104)58-54-50-46-42-38-34-30-26-22-18-14-4/h81-84H,11-80H2,1-10H3/q+2. The number of quaternary nitrogens is 2. The van der Waals surface area contributed by atoms with Crippen molar-refractivity contribution in [1.29, 1.82) is 0 Å². The number of rotatable bonds is 89. The summed E-state index contributed by atoms with van der Waals surface area (Å²) in [5.41, 5.74) is 0. The topological polar surface area (TPSA) is 368 Å². The molecule has 0 radical (unpaired) electrons. The van der Waals surface area contributed by atoms with E-state index in [1.54, 1.807) is 0 Å². The maximum atomic E-state index is 13.7. The van der Waals surface area contributed by atoms with Crippen molar-refractivity contribution < 1.29 is 142 Å². The number of hydrogen-bond donors (Lipinski definition) is 0. The highest BCUT2D eigenvalue weighted by atomic mass is 16.6. The van der Waals surface area contributed by atoms with Crippen molar-refractivity contribution in [2.45, 2.75) is 412 Å². The Morgan fingerprint density at radius 1 is 0.180 bits per heavy atom. The zero-order valence-corrected chi connectivity index (χ0v) is 81.1. The van der Waals surface area contributed by atoms with Gasteiger partial charge in [0.1, 0.15) is 91.7 Å². The predicted octanol–water partition coefficient (Wildman–Crippen LogP) is 18.0. The SMILES string of the molecule is CCCCCCCCCCCCCC(=O)OCC(COC(=O)CCCCCCCCCCCCC)OC(=O)CCC(=O)OCC(COC(=O)CCOC(=O)C(COC(=O)CCCCCCCCCCCCC)COC(=O)CCCCCCCCCCCCC)OC(=O)CCC(=O)OC(COC(=O)CCC(=O)OCC[N+](C)(C)C)COC(=O)CCC(=O)OCC[N+](C)(C)C. The number of hydrogen-bond acceptors (Lipinski definition) is 28. The normalized spacial score (nSPS) is 11.7. The molecule has 0 N–H and O–H groups in total. The lowest BCUT2D eigenvalue weighted by Gasteiger charge is -2.23. The van der Waals surface area contributed by atoms with E-state index in [1.165, 1.54) is 154 Å². The Kier molecular flexibility index (Phi) is 77.8. The van der Waals surface area contributed by atoms with Crippen LogP contribution in [0.15, 0.2) is 0 Å². The van der Waals surface area contributed by atoms with Crippen LogP contribution in [0.5, 0.6) is 0 Å². The molecule has 0 saturated heterocycles. The number of unbranched alkanes of at least 4 members (excludes halogenated alkanes) is 40. The summed E-state index contributed by atoms with van der Waals surface area (Å²) in [6.07, 6.45) is 39.3. The second kappa shape index (κ2) is 82.6. The minimum Gasteiger partial charge on any atom is -0.465 e. The zero-order chi connectivity index (χ0) is 94.8. The second-order valence-corrected chi connectivity index (χ2v) is 36.0. The number of likely N-dealkylation sites (N-methyl/N-ethyl adjacent to an activating group) is 2. The number of nitrogens with zero attached hydrogens (tertiary/aromatic N) is 2. The van der Waals surface area contributed by atoms with Gasteiger partial charge in [-0.15, -0.1) is 0 Å². The van der Waals surface area contributed by atoms with E-state index in [-0.39, 0.29) is 51.7 Å². The molecular weight excluding hydrogens is 1650 g/mol. The van der Waals surface area contributed by atoms with Gasteiger partial charge >= 0.3 is 83.6 Å². The van der Waals surface area contributed by atoms with Gasteiger partial charge in [0, 0.05) is 25.7 Å². The van der Waals surface area contributed by atoms with Crippen LogP contribution in [0, 0.1) is 5.92 Å². The fraction of sp³-hybridized carbons (Fsp3) is 0.857. The van der Waals surface area contributed by atoms with Gasteiger partial charge in [-0.05, 0) is 25.7 Å². The van der Waals surface area contributed by atoms with Crippen LogP contribution in [0.25, 0.3) is 0 Å². The molecule has 0 aliphatic carbocycles. The summed E-state index contributed by atoms with van der Waals surface area (Å²) in [7, 11) is 11.5. The van der Waals surface area contributed by atoms with Crippen molar-refractivity contribution in [3.63, 3.8) is 0 Å². The van der Waals surface area contributed by atoms with Gasteiger partial charge in [0.2, 0.25) is 0 Å². The molecule has 128 heavy (non-hydrogen) atoms. The van der Waals surface area contributed by atoms with Crippen molar-refractivity contribution >= 4 is 83.6 Å². The molecule has 0 aromatic rings. The molecule has 742 valence electrons. The van der Waals surface area contributed by atoms with E-state index < -0.39 is 212 Å². The molecular formula is C98H174N2O28+2. The molecule has 0 spiro atoms. The fourth-order valence-electron chi connectivity index (χ4n) is 13.3. The van der Waals surface area contributed by atoms with Gasteiger partial charge in [-0.2, -0.15) is 0 Å². The van der Waals surface area contributed by atoms with Gasteiger partial charge in [0.15, 0.2) is 18.3 Å². The Morgan fingerprint density at radius 3 is 0.562 bits per heavy atom. The van der Waals surface area contributed by atoms with E-state index >= 15 is 0 Å².